The van der Waals surface area contributed by atoms with Gasteiger partial charge in [-0.25, -0.2) is 13.6 Å². The summed E-state index contributed by atoms with van der Waals surface area (Å²) in [5.74, 6) is -2.37. The monoisotopic (exact) mass is 366 g/mol. The Labute approximate surface area is 151 Å². The maximum atomic E-state index is 14.2. The Bertz CT molecular complexity index is 675. The molecule has 1 saturated carbocycles. The Morgan fingerprint density at radius 2 is 1.81 bits per heavy atom. The van der Waals surface area contributed by atoms with E-state index in [2.05, 4.69) is 5.32 Å². The van der Waals surface area contributed by atoms with Gasteiger partial charge >= 0.3 is 12.0 Å². The van der Waals surface area contributed by atoms with E-state index in [1.165, 1.54) is 12.1 Å². The van der Waals surface area contributed by atoms with Crippen molar-refractivity contribution in [1.82, 2.24) is 10.2 Å². The number of piperidine rings is 1. The third kappa shape index (κ3) is 4.14. The minimum absolute atomic E-state index is 0.0567. The van der Waals surface area contributed by atoms with Crippen molar-refractivity contribution in [2.45, 2.75) is 57.0 Å². The van der Waals surface area contributed by atoms with Crippen LogP contribution in [0.25, 0.3) is 0 Å². The van der Waals surface area contributed by atoms with E-state index < -0.39 is 23.6 Å². The van der Waals surface area contributed by atoms with Gasteiger partial charge in [-0.2, -0.15) is 0 Å². The van der Waals surface area contributed by atoms with Gasteiger partial charge in [0.05, 0.1) is 12.0 Å². The number of rotatable bonds is 3. The molecular weight excluding hydrogens is 342 g/mol. The maximum absolute atomic E-state index is 14.2. The molecule has 0 aromatic heterocycles. The van der Waals surface area contributed by atoms with Crippen molar-refractivity contribution in [2.75, 3.05) is 6.54 Å². The number of carbonyl (C=O) groups is 2. The first-order valence-electron chi connectivity index (χ1n) is 9.20. The summed E-state index contributed by atoms with van der Waals surface area (Å²) in [7, 11) is 0. The van der Waals surface area contributed by atoms with Crippen LogP contribution in [0.15, 0.2) is 18.2 Å². The zero-order chi connectivity index (χ0) is 18.7. The zero-order valence-electron chi connectivity index (χ0n) is 14.6. The Morgan fingerprint density at radius 1 is 1.08 bits per heavy atom. The molecule has 1 aliphatic heterocycles. The van der Waals surface area contributed by atoms with Crippen LogP contribution < -0.4 is 5.32 Å². The summed E-state index contributed by atoms with van der Waals surface area (Å²) in [5, 5.41) is 12.0. The van der Waals surface area contributed by atoms with Crippen LogP contribution >= 0.6 is 0 Å². The first-order chi connectivity index (χ1) is 12.5. The molecule has 0 spiro atoms. The van der Waals surface area contributed by atoms with Gasteiger partial charge in [-0.15, -0.1) is 0 Å². The van der Waals surface area contributed by atoms with Gasteiger partial charge in [0.1, 0.15) is 11.6 Å². The maximum Gasteiger partial charge on any atom is 0.318 e. The van der Waals surface area contributed by atoms with Crippen LogP contribution in [0.5, 0.6) is 0 Å². The summed E-state index contributed by atoms with van der Waals surface area (Å²) in [4.78, 5) is 25.4. The molecule has 142 valence electrons. The number of carboxylic acid groups (broad SMARTS) is 1. The van der Waals surface area contributed by atoms with Gasteiger partial charge in [0.2, 0.25) is 0 Å². The molecule has 1 aromatic carbocycles. The second-order valence-corrected chi connectivity index (χ2v) is 7.21. The molecule has 1 unspecified atom stereocenters. The molecule has 26 heavy (non-hydrogen) atoms. The van der Waals surface area contributed by atoms with Crippen LogP contribution in [0.4, 0.5) is 13.6 Å². The first kappa shape index (κ1) is 18.6. The molecule has 2 N–H and O–H groups in total. The fraction of sp³-hybridized carbons (Fsp3) is 0.579. The highest BCUT2D eigenvalue weighted by molar-refractivity contribution is 5.75. The quantitative estimate of drug-likeness (QED) is 0.854. The molecule has 5 nitrogen and oxygen atoms in total. The number of hydrogen-bond acceptors (Lipinski definition) is 2. The molecule has 3 rings (SSSR count). The van der Waals surface area contributed by atoms with Gasteiger partial charge in [-0.1, -0.05) is 6.07 Å². The molecule has 1 aromatic rings. The van der Waals surface area contributed by atoms with E-state index in [1.54, 1.807) is 4.90 Å². The Hall–Kier alpha value is -2.18. The molecule has 2 aliphatic rings. The molecule has 2 fully saturated rings. The fourth-order valence-electron chi connectivity index (χ4n) is 4.01. The number of carbonyl (C=O) groups excluding carboxylic acids is 1. The van der Waals surface area contributed by atoms with E-state index in [0.717, 1.165) is 18.9 Å². The first-order valence-corrected chi connectivity index (χ1v) is 9.20. The van der Waals surface area contributed by atoms with E-state index in [0.29, 0.717) is 44.2 Å². The van der Waals surface area contributed by atoms with Crippen molar-refractivity contribution < 1.29 is 23.5 Å². The fourth-order valence-corrected chi connectivity index (χ4v) is 4.01. The van der Waals surface area contributed by atoms with E-state index in [1.807, 2.05) is 0 Å². The van der Waals surface area contributed by atoms with Crippen LogP contribution in [0.2, 0.25) is 0 Å². The predicted octanol–water partition coefficient (Wildman–Crippen LogP) is 3.84. The van der Waals surface area contributed by atoms with Crippen LogP contribution in [-0.2, 0) is 4.79 Å². The van der Waals surface area contributed by atoms with Crippen molar-refractivity contribution in [3.8, 4) is 0 Å². The van der Waals surface area contributed by atoms with Gasteiger partial charge in [-0.05, 0) is 51.0 Å². The molecule has 1 aliphatic carbocycles. The standard InChI is InChI=1S/C19H24F2N2O3/c20-13-6-9-15(16(21)11-13)17-3-1-2-10-23(17)19(26)22-14-7-4-12(5-8-14)18(24)25/h6,9,11-12,14,17H,1-5,7-8,10H2,(H,22,26)(H,24,25). The molecule has 1 saturated heterocycles. The Kier molecular flexibility index (Phi) is 5.74. The minimum atomic E-state index is -0.780. The average Bonchev–Trinajstić information content (AvgIpc) is 2.62. The summed E-state index contributed by atoms with van der Waals surface area (Å²) in [6, 6.07) is 2.78. The molecule has 2 amide bonds. The number of aliphatic carboxylic acids is 1. The molecule has 1 atom stereocenters. The van der Waals surface area contributed by atoms with Crippen LogP contribution in [0.3, 0.4) is 0 Å². The van der Waals surface area contributed by atoms with Crippen LogP contribution in [-0.4, -0.2) is 34.6 Å². The van der Waals surface area contributed by atoms with Crippen LogP contribution in [0, 0.1) is 17.6 Å². The number of urea groups is 1. The Balaban J connectivity index is 1.66. The van der Waals surface area contributed by atoms with Gasteiger partial charge in [-0.3, -0.25) is 4.79 Å². The number of hydrogen-bond donors (Lipinski definition) is 2. The van der Waals surface area contributed by atoms with Gasteiger partial charge in [0, 0.05) is 24.2 Å². The topological polar surface area (TPSA) is 69.6 Å². The highest BCUT2D eigenvalue weighted by Crippen LogP contribution is 2.33. The number of halogens is 2. The summed E-state index contributed by atoms with van der Waals surface area (Å²) in [5.41, 5.74) is 0.343. The van der Waals surface area contributed by atoms with E-state index >= 15 is 0 Å². The van der Waals surface area contributed by atoms with Crippen molar-refractivity contribution in [1.29, 1.82) is 0 Å². The third-order valence-corrected chi connectivity index (χ3v) is 5.49. The van der Waals surface area contributed by atoms with Crippen molar-refractivity contribution in [2.24, 2.45) is 5.92 Å². The summed E-state index contributed by atoms with van der Waals surface area (Å²) >= 11 is 0. The van der Waals surface area contributed by atoms with Gasteiger partial charge in [0.25, 0.3) is 0 Å². The molecular formula is C19H24F2N2O3. The zero-order valence-corrected chi connectivity index (χ0v) is 14.6. The normalized spacial score (nSPS) is 26.4. The molecule has 7 heteroatoms. The van der Waals surface area contributed by atoms with Gasteiger partial charge < -0.3 is 15.3 Å². The lowest BCUT2D eigenvalue weighted by Gasteiger charge is -2.38. The van der Waals surface area contributed by atoms with E-state index in [4.69, 9.17) is 5.11 Å². The lowest BCUT2D eigenvalue weighted by molar-refractivity contribution is -0.142. The third-order valence-electron chi connectivity index (χ3n) is 5.49. The number of nitrogens with zero attached hydrogens (tertiary/aromatic N) is 1. The number of amides is 2. The average molecular weight is 366 g/mol. The summed E-state index contributed by atoms with van der Waals surface area (Å²) in [6.45, 7) is 0.526. The number of likely N-dealkylation sites (tertiary alicyclic amines) is 1. The SMILES string of the molecule is O=C(O)C1CCC(NC(=O)N2CCCCC2c2ccc(F)cc2F)CC1. The second kappa shape index (κ2) is 8.01. The number of carboxylic acids is 1. The van der Waals surface area contributed by atoms with Crippen LogP contribution in [0.1, 0.15) is 56.6 Å². The molecule has 1 heterocycles. The van der Waals surface area contributed by atoms with Gasteiger partial charge in [0.15, 0.2) is 0 Å². The summed E-state index contributed by atoms with van der Waals surface area (Å²) in [6.07, 6.45) is 4.74. The highest BCUT2D eigenvalue weighted by atomic mass is 19.1. The largest absolute Gasteiger partial charge is 0.481 e. The highest BCUT2D eigenvalue weighted by Gasteiger charge is 2.32. The van der Waals surface area contributed by atoms with Crippen molar-refractivity contribution >= 4 is 12.0 Å². The van der Waals surface area contributed by atoms with Crippen molar-refractivity contribution in [3.05, 3.63) is 35.4 Å². The lowest BCUT2D eigenvalue weighted by atomic mass is 9.86. The van der Waals surface area contributed by atoms with E-state index in [-0.39, 0.29) is 18.0 Å². The summed E-state index contributed by atoms with van der Waals surface area (Å²) < 4.78 is 27.4. The smallest absolute Gasteiger partial charge is 0.318 e. The molecule has 0 bridgehead atoms. The Morgan fingerprint density at radius 3 is 2.46 bits per heavy atom. The second-order valence-electron chi connectivity index (χ2n) is 7.21. The lowest BCUT2D eigenvalue weighted by Crippen LogP contribution is -2.49. The minimum Gasteiger partial charge on any atom is -0.481 e. The predicted molar refractivity (Wildman–Crippen MR) is 91.6 cm³/mol. The van der Waals surface area contributed by atoms with Crippen molar-refractivity contribution in [3.63, 3.8) is 0 Å². The van der Waals surface area contributed by atoms with E-state index in [9.17, 15) is 18.4 Å². The number of benzene rings is 1. The molecule has 0 radical (unpaired) electrons. The number of nitrogens with one attached hydrogen (secondary N) is 1.